The van der Waals surface area contributed by atoms with Gasteiger partial charge in [-0.1, -0.05) is 6.92 Å². The maximum atomic E-state index is 12.3. The number of halogens is 1. The van der Waals surface area contributed by atoms with Gasteiger partial charge in [-0.2, -0.15) is 11.8 Å². The molecule has 0 fully saturated rings. The van der Waals surface area contributed by atoms with E-state index < -0.39 is 16.0 Å². The number of hydrogen-bond donors (Lipinski definition) is 2. The summed E-state index contributed by atoms with van der Waals surface area (Å²) >= 11 is 4.70. The van der Waals surface area contributed by atoms with E-state index in [4.69, 9.17) is 5.11 Å². The van der Waals surface area contributed by atoms with E-state index >= 15 is 0 Å². The largest absolute Gasteiger partial charge is 0.478 e. The van der Waals surface area contributed by atoms with Crippen LogP contribution < -0.4 is 4.72 Å². The highest BCUT2D eigenvalue weighted by Gasteiger charge is 2.22. The SMILES string of the molecule is CCC(CSC)NS(=O)(=O)c1cc(C(=O)O)ccc1Br. The highest BCUT2D eigenvalue weighted by atomic mass is 79.9. The molecule has 0 saturated carbocycles. The van der Waals surface area contributed by atoms with Crippen molar-refractivity contribution in [2.45, 2.75) is 24.3 Å². The van der Waals surface area contributed by atoms with Crippen molar-refractivity contribution in [2.24, 2.45) is 0 Å². The molecule has 0 aromatic heterocycles. The highest BCUT2D eigenvalue weighted by Crippen LogP contribution is 2.24. The molecule has 0 aliphatic heterocycles. The summed E-state index contributed by atoms with van der Waals surface area (Å²) in [6.45, 7) is 1.89. The smallest absolute Gasteiger partial charge is 0.335 e. The number of carbonyl (C=O) groups is 1. The summed E-state index contributed by atoms with van der Waals surface area (Å²) in [6, 6.07) is 3.74. The van der Waals surface area contributed by atoms with Crippen molar-refractivity contribution < 1.29 is 18.3 Å². The van der Waals surface area contributed by atoms with Crippen LogP contribution in [-0.2, 0) is 10.0 Å². The second kappa shape index (κ2) is 7.44. The highest BCUT2D eigenvalue weighted by molar-refractivity contribution is 9.10. The molecule has 0 radical (unpaired) electrons. The van der Waals surface area contributed by atoms with E-state index in [-0.39, 0.29) is 16.5 Å². The predicted molar refractivity (Wildman–Crippen MR) is 83.9 cm³/mol. The molecule has 1 aromatic rings. The van der Waals surface area contributed by atoms with Crippen molar-refractivity contribution in [1.29, 1.82) is 0 Å². The van der Waals surface area contributed by atoms with Crippen molar-refractivity contribution in [2.75, 3.05) is 12.0 Å². The van der Waals surface area contributed by atoms with E-state index in [0.29, 0.717) is 16.6 Å². The Morgan fingerprint density at radius 2 is 2.15 bits per heavy atom. The van der Waals surface area contributed by atoms with Gasteiger partial charge in [-0.25, -0.2) is 17.9 Å². The number of hydrogen-bond acceptors (Lipinski definition) is 4. The van der Waals surface area contributed by atoms with Crippen molar-refractivity contribution in [3.05, 3.63) is 28.2 Å². The molecule has 1 rings (SSSR count). The zero-order chi connectivity index (χ0) is 15.3. The molecule has 1 aromatic carbocycles. The Labute approximate surface area is 131 Å². The molecular formula is C12H16BrNO4S2. The van der Waals surface area contributed by atoms with Gasteiger partial charge in [0.2, 0.25) is 10.0 Å². The summed E-state index contributed by atoms with van der Waals surface area (Å²) < 4.78 is 27.6. The van der Waals surface area contributed by atoms with E-state index in [1.165, 1.54) is 12.1 Å². The third-order valence-electron chi connectivity index (χ3n) is 2.65. The number of carboxylic acids is 1. The Morgan fingerprint density at radius 3 is 2.65 bits per heavy atom. The summed E-state index contributed by atoms with van der Waals surface area (Å²) in [5.74, 6) is -0.503. The average molecular weight is 382 g/mol. The Bertz CT molecular complexity index is 589. The molecule has 2 N–H and O–H groups in total. The van der Waals surface area contributed by atoms with Gasteiger partial charge in [0.25, 0.3) is 0 Å². The minimum atomic E-state index is -3.75. The van der Waals surface area contributed by atoms with Gasteiger partial charge < -0.3 is 5.11 Å². The maximum Gasteiger partial charge on any atom is 0.335 e. The lowest BCUT2D eigenvalue weighted by molar-refractivity contribution is 0.0696. The van der Waals surface area contributed by atoms with Crippen LogP contribution in [0.3, 0.4) is 0 Å². The van der Waals surface area contributed by atoms with Crippen molar-refractivity contribution >= 4 is 43.7 Å². The first-order valence-corrected chi connectivity index (χ1v) is 9.53. The number of nitrogens with one attached hydrogen (secondary N) is 1. The van der Waals surface area contributed by atoms with Gasteiger partial charge in [-0.3, -0.25) is 0 Å². The fraction of sp³-hybridized carbons (Fsp3) is 0.417. The van der Waals surface area contributed by atoms with Crippen LogP contribution in [0.15, 0.2) is 27.6 Å². The number of benzene rings is 1. The van der Waals surface area contributed by atoms with E-state index in [9.17, 15) is 13.2 Å². The first-order chi connectivity index (χ1) is 9.31. The first-order valence-electron chi connectivity index (χ1n) is 5.86. The molecular weight excluding hydrogens is 366 g/mol. The standard InChI is InChI=1S/C12H16BrNO4S2/c1-3-9(7-19-2)14-20(17,18)11-6-8(12(15)16)4-5-10(11)13/h4-6,9,14H,3,7H2,1-2H3,(H,15,16). The van der Waals surface area contributed by atoms with Crippen molar-refractivity contribution in [3.8, 4) is 0 Å². The lowest BCUT2D eigenvalue weighted by Crippen LogP contribution is -2.36. The molecule has 0 spiro atoms. The van der Waals surface area contributed by atoms with Gasteiger partial charge in [0.1, 0.15) is 0 Å². The fourth-order valence-corrected chi connectivity index (χ4v) is 4.70. The van der Waals surface area contributed by atoms with E-state index in [0.717, 1.165) is 6.07 Å². The van der Waals surface area contributed by atoms with Gasteiger partial charge in [0.05, 0.1) is 10.5 Å². The molecule has 0 saturated heterocycles. The van der Waals surface area contributed by atoms with Crippen LogP contribution in [0.25, 0.3) is 0 Å². The van der Waals surface area contributed by atoms with Gasteiger partial charge in [0, 0.05) is 16.3 Å². The van der Waals surface area contributed by atoms with Crippen molar-refractivity contribution in [3.63, 3.8) is 0 Å². The quantitative estimate of drug-likeness (QED) is 0.757. The number of thioether (sulfide) groups is 1. The Balaban J connectivity index is 3.14. The molecule has 0 aliphatic carbocycles. The minimum absolute atomic E-state index is 0.0584. The van der Waals surface area contributed by atoms with Crippen molar-refractivity contribution in [1.82, 2.24) is 4.72 Å². The third-order valence-corrected chi connectivity index (χ3v) is 5.90. The molecule has 0 bridgehead atoms. The first kappa shape index (κ1) is 17.5. The summed E-state index contributed by atoms with van der Waals surface area (Å²) in [6.07, 6.45) is 2.56. The zero-order valence-electron chi connectivity index (χ0n) is 11.1. The topological polar surface area (TPSA) is 83.5 Å². The second-order valence-corrected chi connectivity index (χ2v) is 7.58. The Morgan fingerprint density at radius 1 is 1.50 bits per heavy atom. The molecule has 0 heterocycles. The van der Waals surface area contributed by atoms with Gasteiger partial charge >= 0.3 is 5.97 Å². The van der Waals surface area contributed by atoms with E-state index in [2.05, 4.69) is 20.7 Å². The molecule has 1 atom stereocenters. The average Bonchev–Trinajstić information content (AvgIpc) is 2.37. The molecule has 1 unspecified atom stereocenters. The van der Waals surface area contributed by atoms with Crippen LogP contribution in [0.4, 0.5) is 0 Å². The summed E-state index contributed by atoms with van der Waals surface area (Å²) in [5.41, 5.74) is -0.0634. The maximum absolute atomic E-state index is 12.3. The lowest BCUT2D eigenvalue weighted by Gasteiger charge is -2.16. The summed E-state index contributed by atoms with van der Waals surface area (Å²) in [4.78, 5) is 10.9. The van der Waals surface area contributed by atoms with Crippen LogP contribution >= 0.6 is 27.7 Å². The third kappa shape index (κ3) is 4.47. The van der Waals surface area contributed by atoms with Gasteiger partial charge in [-0.05, 0) is 46.8 Å². The summed E-state index contributed by atoms with van der Waals surface area (Å²) in [5, 5.41) is 8.94. The monoisotopic (exact) mass is 381 g/mol. The molecule has 0 aliphatic rings. The number of aromatic carboxylic acids is 1. The lowest BCUT2D eigenvalue weighted by atomic mass is 10.2. The normalized spacial score (nSPS) is 13.2. The number of sulfonamides is 1. The molecule has 20 heavy (non-hydrogen) atoms. The number of carboxylic acid groups (broad SMARTS) is 1. The fourth-order valence-electron chi connectivity index (χ4n) is 1.56. The van der Waals surface area contributed by atoms with E-state index in [1.54, 1.807) is 11.8 Å². The zero-order valence-corrected chi connectivity index (χ0v) is 14.3. The van der Waals surface area contributed by atoms with Crippen LogP contribution in [0.1, 0.15) is 23.7 Å². The summed E-state index contributed by atoms with van der Waals surface area (Å²) in [7, 11) is -3.75. The van der Waals surface area contributed by atoms with Crippen LogP contribution in [0, 0.1) is 0 Å². The second-order valence-electron chi connectivity index (χ2n) is 4.13. The van der Waals surface area contributed by atoms with Crippen LogP contribution in [0.5, 0.6) is 0 Å². The Kier molecular flexibility index (Phi) is 6.50. The molecule has 112 valence electrons. The molecule has 0 amide bonds. The predicted octanol–water partition coefficient (Wildman–Crippen LogP) is 2.57. The van der Waals surface area contributed by atoms with Gasteiger partial charge in [-0.15, -0.1) is 0 Å². The van der Waals surface area contributed by atoms with Crippen LogP contribution in [-0.4, -0.2) is 37.5 Å². The number of rotatable bonds is 7. The van der Waals surface area contributed by atoms with Gasteiger partial charge in [0.15, 0.2) is 0 Å². The minimum Gasteiger partial charge on any atom is -0.478 e. The Hall–Kier alpha value is -0.570. The molecule has 5 nitrogen and oxygen atoms in total. The molecule has 8 heteroatoms. The van der Waals surface area contributed by atoms with E-state index in [1.807, 2.05) is 13.2 Å². The van der Waals surface area contributed by atoms with Crippen LogP contribution in [0.2, 0.25) is 0 Å².